The van der Waals surface area contributed by atoms with Crippen LogP contribution in [-0.2, 0) is 14.5 Å². The summed E-state index contributed by atoms with van der Waals surface area (Å²) in [5.74, 6) is -1.22. The second kappa shape index (κ2) is 4.69. The standard InChI is InChI=1S/C3H5N3O7/c4-3(7)2(13-6(10)11)1-12-5(8)9/h2H,1H2,(H2,4,7). The third-order valence-corrected chi connectivity index (χ3v) is 0.862. The lowest BCUT2D eigenvalue weighted by Crippen LogP contribution is -2.37. The maximum absolute atomic E-state index is 10.3. The van der Waals surface area contributed by atoms with Gasteiger partial charge in [0.1, 0.15) is 6.61 Å². The van der Waals surface area contributed by atoms with Crippen LogP contribution >= 0.6 is 0 Å². The van der Waals surface area contributed by atoms with Gasteiger partial charge in [-0.3, -0.25) is 9.63 Å². The van der Waals surface area contributed by atoms with E-state index in [9.17, 15) is 25.0 Å². The van der Waals surface area contributed by atoms with Crippen LogP contribution in [0.3, 0.4) is 0 Å². The van der Waals surface area contributed by atoms with Crippen LogP contribution in [-0.4, -0.2) is 28.8 Å². The lowest BCUT2D eigenvalue weighted by atomic mass is 10.4. The summed E-state index contributed by atoms with van der Waals surface area (Å²) in [4.78, 5) is 37.0. The Balaban J connectivity index is 4.02. The molecule has 1 amide bonds. The van der Waals surface area contributed by atoms with Crippen molar-refractivity contribution >= 4 is 5.91 Å². The number of nitrogens with zero attached hydrogens (tertiary/aromatic N) is 2. The molecule has 0 aromatic heterocycles. The van der Waals surface area contributed by atoms with E-state index in [4.69, 9.17) is 0 Å². The van der Waals surface area contributed by atoms with Crippen molar-refractivity contribution in [3.05, 3.63) is 20.2 Å². The molecule has 0 rings (SSSR count). The summed E-state index contributed by atoms with van der Waals surface area (Å²) in [5, 5.41) is 16.8. The van der Waals surface area contributed by atoms with Crippen molar-refractivity contribution in [2.75, 3.05) is 6.61 Å². The highest BCUT2D eigenvalue weighted by molar-refractivity contribution is 5.78. The molecular weight excluding hydrogens is 190 g/mol. The minimum Gasteiger partial charge on any atom is -0.368 e. The fourth-order valence-electron chi connectivity index (χ4n) is 0.397. The van der Waals surface area contributed by atoms with Gasteiger partial charge in [0, 0.05) is 0 Å². The van der Waals surface area contributed by atoms with Crippen LogP contribution in [0.1, 0.15) is 0 Å². The molecule has 1 atom stereocenters. The highest BCUT2D eigenvalue weighted by Gasteiger charge is 2.21. The molecule has 0 heterocycles. The van der Waals surface area contributed by atoms with E-state index in [-0.39, 0.29) is 0 Å². The van der Waals surface area contributed by atoms with E-state index in [2.05, 4.69) is 15.4 Å². The van der Waals surface area contributed by atoms with E-state index in [1.165, 1.54) is 0 Å². The van der Waals surface area contributed by atoms with Gasteiger partial charge in [-0.2, -0.15) is 0 Å². The van der Waals surface area contributed by atoms with Gasteiger partial charge in [0.25, 0.3) is 10.2 Å². The predicted octanol–water partition coefficient (Wildman–Crippen LogP) is -1.74. The molecule has 0 saturated carbocycles. The van der Waals surface area contributed by atoms with E-state index in [1.54, 1.807) is 0 Å². The second-order valence-corrected chi connectivity index (χ2v) is 1.74. The Kier molecular flexibility index (Phi) is 3.92. The monoisotopic (exact) mass is 195 g/mol. The zero-order chi connectivity index (χ0) is 10.4. The number of carbonyl (C=O) groups is 1. The molecule has 0 radical (unpaired) electrons. The van der Waals surface area contributed by atoms with Crippen LogP contribution in [0, 0.1) is 20.2 Å². The first kappa shape index (κ1) is 10.9. The summed E-state index contributed by atoms with van der Waals surface area (Å²) in [7, 11) is 0. The van der Waals surface area contributed by atoms with Crippen molar-refractivity contribution in [2.45, 2.75) is 6.10 Å². The van der Waals surface area contributed by atoms with Crippen molar-refractivity contribution in [1.82, 2.24) is 0 Å². The average Bonchev–Trinajstić information content (AvgIpc) is 1.96. The van der Waals surface area contributed by atoms with E-state index < -0.39 is 28.8 Å². The third kappa shape index (κ3) is 5.17. The molecule has 0 aliphatic carbocycles. The fraction of sp³-hybridized carbons (Fsp3) is 0.667. The van der Waals surface area contributed by atoms with Crippen LogP contribution in [0.15, 0.2) is 0 Å². The molecule has 10 heteroatoms. The molecule has 1 unspecified atom stereocenters. The normalized spacial score (nSPS) is 11.4. The van der Waals surface area contributed by atoms with Gasteiger partial charge in [-0.25, -0.2) is 0 Å². The van der Waals surface area contributed by atoms with Gasteiger partial charge in [0.2, 0.25) is 12.0 Å². The Labute approximate surface area is 70.4 Å². The second-order valence-electron chi connectivity index (χ2n) is 1.74. The molecule has 74 valence electrons. The first-order valence-electron chi connectivity index (χ1n) is 2.81. The quantitative estimate of drug-likeness (QED) is 0.390. The van der Waals surface area contributed by atoms with Crippen molar-refractivity contribution in [3.8, 4) is 0 Å². The molecule has 0 fully saturated rings. The largest absolute Gasteiger partial charge is 0.368 e. The minimum atomic E-state index is -1.78. The zero-order valence-electron chi connectivity index (χ0n) is 6.11. The van der Waals surface area contributed by atoms with E-state index in [1.807, 2.05) is 0 Å². The van der Waals surface area contributed by atoms with Crippen molar-refractivity contribution in [2.24, 2.45) is 5.73 Å². The summed E-state index contributed by atoms with van der Waals surface area (Å²) in [6.45, 7) is -0.913. The summed E-state index contributed by atoms with van der Waals surface area (Å²) in [6.07, 6.45) is -1.78. The molecule has 0 aliphatic rings. The molecular formula is C3H5N3O7. The van der Waals surface area contributed by atoms with Gasteiger partial charge in [-0.05, 0) is 0 Å². The lowest BCUT2D eigenvalue weighted by molar-refractivity contribution is -0.786. The fourth-order valence-corrected chi connectivity index (χ4v) is 0.397. The number of hydrogen-bond acceptors (Lipinski definition) is 7. The summed E-state index contributed by atoms with van der Waals surface area (Å²) < 4.78 is 0. The molecule has 0 aliphatic heterocycles. The number of nitrogens with two attached hydrogens (primary N) is 1. The van der Waals surface area contributed by atoms with Crippen LogP contribution < -0.4 is 5.73 Å². The molecule has 0 spiro atoms. The van der Waals surface area contributed by atoms with Gasteiger partial charge in [-0.1, -0.05) is 0 Å². The highest BCUT2D eigenvalue weighted by atomic mass is 17.0. The van der Waals surface area contributed by atoms with Crippen LogP contribution in [0.2, 0.25) is 0 Å². The molecule has 2 N–H and O–H groups in total. The number of hydrogen-bond donors (Lipinski definition) is 1. The van der Waals surface area contributed by atoms with Gasteiger partial charge < -0.3 is 10.6 Å². The van der Waals surface area contributed by atoms with Crippen molar-refractivity contribution in [1.29, 1.82) is 0 Å². The average molecular weight is 195 g/mol. The molecule has 10 nitrogen and oxygen atoms in total. The SMILES string of the molecule is NC(=O)C(CO[N+](=O)[O-])O[N+](=O)[O-]. The summed E-state index contributed by atoms with van der Waals surface area (Å²) >= 11 is 0. The van der Waals surface area contributed by atoms with Gasteiger partial charge in [0.15, 0.2) is 0 Å². The van der Waals surface area contributed by atoms with Gasteiger partial charge in [-0.15, -0.1) is 20.2 Å². The Morgan fingerprint density at radius 1 is 1.38 bits per heavy atom. The maximum atomic E-state index is 10.3. The highest BCUT2D eigenvalue weighted by Crippen LogP contribution is 1.93. The van der Waals surface area contributed by atoms with E-state index in [0.29, 0.717) is 0 Å². The third-order valence-electron chi connectivity index (χ3n) is 0.862. The molecule has 0 saturated heterocycles. The maximum Gasteiger partial charge on any atom is 0.295 e. The predicted molar refractivity (Wildman–Crippen MR) is 34.0 cm³/mol. The first-order chi connectivity index (χ1) is 5.93. The molecule has 0 bridgehead atoms. The van der Waals surface area contributed by atoms with Gasteiger partial charge >= 0.3 is 0 Å². The molecule has 13 heavy (non-hydrogen) atoms. The Morgan fingerprint density at radius 2 is 1.92 bits per heavy atom. The Hall–Kier alpha value is -2.13. The lowest BCUT2D eigenvalue weighted by Gasteiger charge is -2.08. The number of rotatable bonds is 6. The topological polar surface area (TPSA) is 148 Å². The molecule has 0 aromatic rings. The van der Waals surface area contributed by atoms with Crippen molar-refractivity contribution in [3.63, 3.8) is 0 Å². The summed E-state index contributed by atoms with van der Waals surface area (Å²) in [5.41, 5.74) is 4.60. The Morgan fingerprint density at radius 3 is 2.23 bits per heavy atom. The number of amides is 1. The number of carbonyl (C=O) groups excluding carboxylic acids is 1. The van der Waals surface area contributed by atoms with E-state index >= 15 is 0 Å². The zero-order valence-corrected chi connectivity index (χ0v) is 6.11. The molecule has 0 aromatic carbocycles. The van der Waals surface area contributed by atoms with Gasteiger partial charge in [0.05, 0.1) is 0 Å². The minimum absolute atomic E-state index is 0.913. The van der Waals surface area contributed by atoms with Crippen LogP contribution in [0.5, 0.6) is 0 Å². The smallest absolute Gasteiger partial charge is 0.295 e. The number of primary amides is 1. The Bertz CT molecular complexity index is 227. The van der Waals surface area contributed by atoms with Crippen molar-refractivity contribution < 1.29 is 24.6 Å². The summed E-state index contributed by atoms with van der Waals surface area (Å²) in [6, 6.07) is 0. The first-order valence-corrected chi connectivity index (χ1v) is 2.81. The van der Waals surface area contributed by atoms with Crippen LogP contribution in [0.25, 0.3) is 0 Å². The van der Waals surface area contributed by atoms with E-state index in [0.717, 1.165) is 0 Å². The van der Waals surface area contributed by atoms with Crippen LogP contribution in [0.4, 0.5) is 0 Å².